The molecule has 0 unspecified atom stereocenters. The summed E-state index contributed by atoms with van der Waals surface area (Å²) in [5, 5.41) is 2.36. The Hall–Kier alpha value is -4.06. The highest BCUT2D eigenvalue weighted by Crippen LogP contribution is 2.33. The summed E-state index contributed by atoms with van der Waals surface area (Å²) in [6, 6.07) is 13.4. The molecule has 2 aromatic carbocycles. The number of rotatable bonds is 2. The molecule has 0 amide bonds. The van der Waals surface area contributed by atoms with Gasteiger partial charge in [0.2, 0.25) is 5.43 Å². The molecule has 0 aliphatic heterocycles. The van der Waals surface area contributed by atoms with Gasteiger partial charge in [-0.1, -0.05) is 13.0 Å². The highest BCUT2D eigenvalue weighted by atomic mass is 16.3. The fourth-order valence-electron chi connectivity index (χ4n) is 4.03. The molecule has 0 spiro atoms. The van der Waals surface area contributed by atoms with Crippen LogP contribution in [0.25, 0.3) is 55.2 Å². The average Bonchev–Trinajstić information content (AvgIpc) is 3.25. The lowest BCUT2D eigenvalue weighted by Crippen LogP contribution is -2.06. The second kappa shape index (κ2) is 6.22. The predicted molar refractivity (Wildman–Crippen MR) is 118 cm³/mol. The number of nitrogens with zero attached hydrogens (tertiary/aromatic N) is 3. The van der Waals surface area contributed by atoms with Crippen molar-refractivity contribution in [1.29, 1.82) is 0 Å². The van der Waals surface area contributed by atoms with Crippen molar-refractivity contribution in [3.63, 3.8) is 0 Å². The van der Waals surface area contributed by atoms with Gasteiger partial charge in [0.15, 0.2) is 0 Å². The third kappa shape index (κ3) is 2.30. The number of aryl methyl sites for hydroxylation is 1. The molecule has 6 heteroatoms. The van der Waals surface area contributed by atoms with Crippen LogP contribution in [0, 0.1) is 0 Å². The first-order chi connectivity index (χ1) is 14.7. The zero-order chi connectivity index (χ0) is 20.2. The van der Waals surface area contributed by atoms with Gasteiger partial charge >= 0.3 is 0 Å². The van der Waals surface area contributed by atoms with Gasteiger partial charge in [0.05, 0.1) is 27.5 Å². The molecule has 4 aromatic heterocycles. The van der Waals surface area contributed by atoms with Crippen molar-refractivity contribution >= 4 is 43.8 Å². The number of hydrogen-bond donors (Lipinski definition) is 1. The van der Waals surface area contributed by atoms with E-state index >= 15 is 0 Å². The van der Waals surface area contributed by atoms with Crippen LogP contribution in [0.3, 0.4) is 0 Å². The minimum atomic E-state index is -0.101. The molecule has 0 atom stereocenters. The van der Waals surface area contributed by atoms with Gasteiger partial charge in [-0.25, -0.2) is 4.98 Å². The molecule has 0 aliphatic carbocycles. The normalized spacial score (nSPS) is 11.8. The summed E-state index contributed by atoms with van der Waals surface area (Å²) in [6.45, 7) is 2.06. The van der Waals surface area contributed by atoms with E-state index in [-0.39, 0.29) is 5.43 Å². The van der Waals surface area contributed by atoms with Crippen molar-refractivity contribution in [1.82, 2.24) is 19.9 Å². The number of fused-ring (bicyclic) bond motifs is 7. The Balaban J connectivity index is 1.70. The Kier molecular flexibility index (Phi) is 3.49. The number of H-pyrrole nitrogens is 1. The van der Waals surface area contributed by atoms with Gasteiger partial charge in [0, 0.05) is 23.2 Å². The third-order valence-corrected chi connectivity index (χ3v) is 5.57. The van der Waals surface area contributed by atoms with Crippen LogP contribution in [0.2, 0.25) is 0 Å². The number of pyridine rings is 2. The molecule has 6 aromatic rings. The minimum Gasteiger partial charge on any atom is -0.463 e. The lowest BCUT2D eigenvalue weighted by atomic mass is 10.1. The van der Waals surface area contributed by atoms with Crippen molar-refractivity contribution in [2.24, 2.45) is 0 Å². The monoisotopic (exact) mass is 392 g/mol. The van der Waals surface area contributed by atoms with E-state index in [2.05, 4.69) is 21.9 Å². The lowest BCUT2D eigenvalue weighted by Gasteiger charge is -2.03. The van der Waals surface area contributed by atoms with Gasteiger partial charge in [0.25, 0.3) is 0 Å². The van der Waals surface area contributed by atoms with E-state index in [1.165, 1.54) is 6.26 Å². The van der Waals surface area contributed by atoms with Crippen LogP contribution in [0.4, 0.5) is 0 Å². The van der Waals surface area contributed by atoms with E-state index < -0.39 is 0 Å². The van der Waals surface area contributed by atoms with Gasteiger partial charge in [-0.05, 0) is 48.4 Å². The van der Waals surface area contributed by atoms with E-state index in [0.717, 1.165) is 44.8 Å². The number of benzene rings is 2. The molecule has 0 saturated heterocycles. The highest BCUT2D eigenvalue weighted by molar-refractivity contribution is 6.21. The van der Waals surface area contributed by atoms with Crippen molar-refractivity contribution in [2.45, 2.75) is 13.3 Å². The zero-order valence-corrected chi connectivity index (χ0v) is 16.1. The largest absolute Gasteiger partial charge is 0.463 e. The summed E-state index contributed by atoms with van der Waals surface area (Å²) in [4.78, 5) is 30.4. The zero-order valence-electron chi connectivity index (χ0n) is 16.1. The van der Waals surface area contributed by atoms with Crippen LogP contribution >= 0.6 is 0 Å². The molecule has 0 bridgehead atoms. The van der Waals surface area contributed by atoms with Gasteiger partial charge < -0.3 is 9.40 Å². The molecule has 0 aliphatic rings. The fourth-order valence-corrected chi connectivity index (χ4v) is 4.03. The third-order valence-electron chi connectivity index (χ3n) is 5.57. The van der Waals surface area contributed by atoms with E-state index in [1.807, 2.05) is 42.5 Å². The quantitative estimate of drug-likeness (QED) is 0.419. The van der Waals surface area contributed by atoms with Crippen molar-refractivity contribution in [2.75, 3.05) is 0 Å². The summed E-state index contributed by atoms with van der Waals surface area (Å²) in [6.07, 6.45) is 5.83. The van der Waals surface area contributed by atoms with E-state index in [0.29, 0.717) is 22.4 Å². The summed E-state index contributed by atoms with van der Waals surface area (Å²) < 4.78 is 5.76. The van der Waals surface area contributed by atoms with Crippen LogP contribution in [0.5, 0.6) is 0 Å². The molecular weight excluding hydrogens is 376 g/mol. The second-order valence-corrected chi connectivity index (χ2v) is 7.27. The van der Waals surface area contributed by atoms with Crippen LogP contribution in [-0.2, 0) is 6.42 Å². The fraction of sp³-hybridized carbons (Fsp3) is 0.0833. The first kappa shape index (κ1) is 16.9. The summed E-state index contributed by atoms with van der Waals surface area (Å²) in [7, 11) is 0. The topological polar surface area (TPSA) is 84.7 Å². The van der Waals surface area contributed by atoms with Gasteiger partial charge in [-0.15, -0.1) is 0 Å². The summed E-state index contributed by atoms with van der Waals surface area (Å²) >= 11 is 0. The maximum Gasteiger partial charge on any atom is 0.203 e. The van der Waals surface area contributed by atoms with Crippen LogP contribution in [-0.4, -0.2) is 19.9 Å². The molecular formula is C24H16N4O2. The average molecular weight is 392 g/mol. The van der Waals surface area contributed by atoms with Crippen molar-refractivity contribution < 1.29 is 4.42 Å². The number of hydrogen-bond acceptors (Lipinski definition) is 5. The molecule has 6 nitrogen and oxygen atoms in total. The molecule has 30 heavy (non-hydrogen) atoms. The first-order valence-electron chi connectivity index (χ1n) is 9.80. The second-order valence-electron chi connectivity index (χ2n) is 7.27. The van der Waals surface area contributed by atoms with Crippen molar-refractivity contribution in [3.8, 4) is 11.4 Å². The van der Waals surface area contributed by atoms with Gasteiger partial charge in [0.1, 0.15) is 23.2 Å². The standard InChI is InChI=1S/C24H16N4O2/c1-2-13-7-8-18-16(11-13)23(29)17(12-30-18)24-27-21-14-5-3-9-25-19(14)20-15(22(21)28-24)6-4-10-26-20/h3-12H,2H2,1H3,(H,27,28). The summed E-state index contributed by atoms with van der Waals surface area (Å²) in [5.74, 6) is 0.476. The lowest BCUT2D eigenvalue weighted by molar-refractivity contribution is 0.604. The molecule has 0 radical (unpaired) electrons. The number of aromatic amines is 1. The van der Waals surface area contributed by atoms with Gasteiger partial charge in [-0.3, -0.25) is 14.8 Å². The van der Waals surface area contributed by atoms with Gasteiger partial charge in [-0.2, -0.15) is 0 Å². The van der Waals surface area contributed by atoms with Crippen LogP contribution in [0.15, 0.2) is 70.3 Å². The number of imidazole rings is 1. The first-order valence-corrected chi connectivity index (χ1v) is 9.80. The number of nitrogens with one attached hydrogen (secondary N) is 1. The molecule has 0 fully saturated rings. The predicted octanol–water partition coefficient (Wildman–Crippen LogP) is 5.00. The van der Waals surface area contributed by atoms with E-state index in [4.69, 9.17) is 9.40 Å². The summed E-state index contributed by atoms with van der Waals surface area (Å²) in [5.41, 5.74) is 5.14. The van der Waals surface area contributed by atoms with Crippen LogP contribution in [0.1, 0.15) is 12.5 Å². The van der Waals surface area contributed by atoms with E-state index in [1.54, 1.807) is 12.4 Å². The molecule has 144 valence electrons. The maximum absolute atomic E-state index is 13.3. The molecule has 0 saturated carbocycles. The molecule has 4 heterocycles. The Bertz CT molecular complexity index is 1590. The SMILES string of the molecule is CCc1ccc2occ(-c3nc4c5cccnc5c5ncccc5c4[nH]3)c(=O)c2c1. The highest BCUT2D eigenvalue weighted by Gasteiger charge is 2.18. The van der Waals surface area contributed by atoms with Crippen molar-refractivity contribution in [3.05, 3.63) is 76.9 Å². The Morgan fingerprint density at radius 1 is 0.933 bits per heavy atom. The van der Waals surface area contributed by atoms with Crippen LogP contribution < -0.4 is 5.43 Å². The molecule has 6 rings (SSSR count). The molecule has 1 N–H and O–H groups in total. The smallest absolute Gasteiger partial charge is 0.203 e. The Morgan fingerprint density at radius 3 is 2.50 bits per heavy atom. The maximum atomic E-state index is 13.3. The minimum absolute atomic E-state index is 0.101. The number of aromatic nitrogens is 4. The van der Waals surface area contributed by atoms with E-state index in [9.17, 15) is 4.79 Å². The Morgan fingerprint density at radius 2 is 1.70 bits per heavy atom. The Labute approximate surface area is 170 Å².